The highest BCUT2D eigenvalue weighted by atomic mass is 16.5. The molecule has 1 heterocycles. The fourth-order valence-corrected chi connectivity index (χ4v) is 1.41. The predicted molar refractivity (Wildman–Crippen MR) is 64.4 cm³/mol. The molecule has 0 saturated heterocycles. The number of nitrogens with one attached hydrogen (secondary N) is 1. The van der Waals surface area contributed by atoms with Crippen molar-refractivity contribution in [1.82, 2.24) is 5.16 Å². The third-order valence-electron chi connectivity index (χ3n) is 2.40. The Bertz CT molecular complexity index is 446. The average Bonchev–Trinajstić information content (AvgIpc) is 2.70. The van der Waals surface area contributed by atoms with E-state index in [0.29, 0.717) is 0 Å². The summed E-state index contributed by atoms with van der Waals surface area (Å²) in [6, 6.07) is 4.11. The Hall–Kier alpha value is -1.51. The maximum atomic E-state index is 5.24. The maximum absolute atomic E-state index is 5.24. The number of nitrogens with zero attached hydrogens (tertiary/aromatic N) is 1. The lowest BCUT2D eigenvalue weighted by Crippen LogP contribution is -1.87. The third kappa shape index (κ3) is 1.96. The van der Waals surface area contributed by atoms with Gasteiger partial charge in [-0.15, -0.1) is 0 Å². The van der Waals surface area contributed by atoms with E-state index in [-0.39, 0.29) is 0 Å². The van der Waals surface area contributed by atoms with Crippen LogP contribution in [0.25, 0.3) is 11.0 Å². The molecule has 0 aliphatic carbocycles. The van der Waals surface area contributed by atoms with Gasteiger partial charge in [0.25, 0.3) is 0 Å². The van der Waals surface area contributed by atoms with Crippen molar-refractivity contribution in [3.63, 3.8) is 0 Å². The van der Waals surface area contributed by atoms with E-state index in [1.54, 1.807) is 0 Å². The van der Waals surface area contributed by atoms with Crippen LogP contribution in [0.4, 0.5) is 5.82 Å². The normalized spacial score (nSPS) is 9.67. The molecule has 15 heavy (non-hydrogen) atoms. The molecule has 0 radical (unpaired) electrons. The van der Waals surface area contributed by atoms with Crippen LogP contribution in [0, 0.1) is 13.8 Å². The molecule has 2 aromatic rings. The molecular weight excluding hydrogens is 188 g/mol. The summed E-state index contributed by atoms with van der Waals surface area (Å²) in [5, 5.41) is 7.97. The third-order valence-corrected chi connectivity index (χ3v) is 2.40. The van der Waals surface area contributed by atoms with E-state index in [0.717, 1.165) is 22.4 Å². The molecule has 82 valence electrons. The van der Waals surface area contributed by atoms with Gasteiger partial charge in [0, 0.05) is 7.05 Å². The topological polar surface area (TPSA) is 38.1 Å². The summed E-state index contributed by atoms with van der Waals surface area (Å²) in [6.45, 7) is 8.11. The summed E-state index contributed by atoms with van der Waals surface area (Å²) >= 11 is 0. The SMILES string of the molecule is CC.CNc1noc2c(C)c(C)ccc12. The lowest BCUT2D eigenvalue weighted by molar-refractivity contribution is 0.458. The number of fused-ring (bicyclic) bond motifs is 1. The van der Waals surface area contributed by atoms with Crippen LogP contribution in [0.1, 0.15) is 25.0 Å². The van der Waals surface area contributed by atoms with E-state index in [1.165, 1.54) is 5.56 Å². The summed E-state index contributed by atoms with van der Waals surface area (Å²) < 4.78 is 5.24. The molecule has 3 heteroatoms. The highest BCUT2D eigenvalue weighted by Crippen LogP contribution is 2.26. The Morgan fingerprint density at radius 1 is 1.20 bits per heavy atom. The number of rotatable bonds is 1. The van der Waals surface area contributed by atoms with Gasteiger partial charge in [-0.05, 0) is 31.0 Å². The zero-order chi connectivity index (χ0) is 11.4. The van der Waals surface area contributed by atoms with Crippen LogP contribution in [0.15, 0.2) is 16.7 Å². The zero-order valence-corrected chi connectivity index (χ0v) is 10.0. The molecule has 0 aliphatic rings. The lowest BCUT2D eigenvalue weighted by Gasteiger charge is -1.98. The summed E-state index contributed by atoms with van der Waals surface area (Å²) in [7, 11) is 1.84. The molecule has 1 aromatic heterocycles. The van der Waals surface area contributed by atoms with E-state index in [9.17, 15) is 0 Å². The first-order valence-electron chi connectivity index (χ1n) is 5.27. The van der Waals surface area contributed by atoms with Crippen LogP contribution < -0.4 is 5.32 Å². The standard InChI is InChI=1S/C10H12N2O.C2H6/c1-6-4-5-8-9(7(6)2)13-12-10(8)11-3;1-2/h4-5H,1-3H3,(H,11,12);1-2H3. The van der Waals surface area contributed by atoms with Gasteiger partial charge in [0.05, 0.1) is 5.39 Å². The molecule has 2 rings (SSSR count). The Balaban J connectivity index is 0.000000531. The summed E-state index contributed by atoms with van der Waals surface area (Å²) in [5.41, 5.74) is 3.27. The van der Waals surface area contributed by atoms with E-state index >= 15 is 0 Å². The zero-order valence-electron chi connectivity index (χ0n) is 10.0. The van der Waals surface area contributed by atoms with E-state index < -0.39 is 0 Å². The first kappa shape index (κ1) is 11.6. The molecule has 0 saturated carbocycles. The quantitative estimate of drug-likeness (QED) is 0.775. The fraction of sp³-hybridized carbons (Fsp3) is 0.417. The number of hydrogen-bond acceptors (Lipinski definition) is 3. The molecule has 0 atom stereocenters. The van der Waals surface area contributed by atoms with Crippen LogP contribution in [0.3, 0.4) is 0 Å². The Kier molecular flexibility index (Phi) is 3.72. The largest absolute Gasteiger partial charge is 0.370 e. The Morgan fingerprint density at radius 2 is 1.87 bits per heavy atom. The van der Waals surface area contributed by atoms with Crippen molar-refractivity contribution in [2.24, 2.45) is 0 Å². The molecule has 1 N–H and O–H groups in total. The molecule has 0 fully saturated rings. The number of benzene rings is 1. The minimum Gasteiger partial charge on any atom is -0.370 e. The maximum Gasteiger partial charge on any atom is 0.177 e. The molecule has 3 nitrogen and oxygen atoms in total. The van der Waals surface area contributed by atoms with E-state index in [4.69, 9.17) is 4.52 Å². The van der Waals surface area contributed by atoms with Gasteiger partial charge in [0.1, 0.15) is 0 Å². The van der Waals surface area contributed by atoms with Crippen LogP contribution in [0.2, 0.25) is 0 Å². The van der Waals surface area contributed by atoms with Gasteiger partial charge in [-0.1, -0.05) is 25.1 Å². The lowest BCUT2D eigenvalue weighted by atomic mass is 10.1. The van der Waals surface area contributed by atoms with Crippen LogP contribution >= 0.6 is 0 Å². The van der Waals surface area contributed by atoms with Gasteiger partial charge in [0.15, 0.2) is 11.4 Å². The fourth-order valence-electron chi connectivity index (χ4n) is 1.41. The molecular formula is C12H18N2O. The Morgan fingerprint density at radius 3 is 2.47 bits per heavy atom. The summed E-state index contributed by atoms with van der Waals surface area (Å²) in [4.78, 5) is 0. The van der Waals surface area contributed by atoms with Gasteiger partial charge in [-0.3, -0.25) is 0 Å². The number of anilines is 1. The molecule has 0 bridgehead atoms. The summed E-state index contributed by atoms with van der Waals surface area (Å²) in [6.07, 6.45) is 0. The van der Waals surface area contributed by atoms with Crippen molar-refractivity contribution in [2.75, 3.05) is 12.4 Å². The van der Waals surface area contributed by atoms with Gasteiger partial charge < -0.3 is 9.84 Å². The van der Waals surface area contributed by atoms with Crippen molar-refractivity contribution < 1.29 is 4.52 Å². The highest BCUT2D eigenvalue weighted by molar-refractivity contribution is 5.90. The highest BCUT2D eigenvalue weighted by Gasteiger charge is 2.09. The van der Waals surface area contributed by atoms with Crippen molar-refractivity contribution in [3.8, 4) is 0 Å². The van der Waals surface area contributed by atoms with Crippen molar-refractivity contribution in [3.05, 3.63) is 23.3 Å². The van der Waals surface area contributed by atoms with E-state index in [2.05, 4.69) is 23.5 Å². The Labute approximate surface area is 90.5 Å². The van der Waals surface area contributed by atoms with Crippen LogP contribution in [-0.4, -0.2) is 12.2 Å². The van der Waals surface area contributed by atoms with Gasteiger partial charge in [-0.2, -0.15) is 0 Å². The van der Waals surface area contributed by atoms with Gasteiger partial charge in [-0.25, -0.2) is 0 Å². The average molecular weight is 206 g/mol. The van der Waals surface area contributed by atoms with Crippen molar-refractivity contribution >= 4 is 16.8 Å². The molecule has 0 spiro atoms. The number of aryl methyl sites for hydroxylation is 2. The second-order valence-corrected chi connectivity index (χ2v) is 3.17. The first-order valence-corrected chi connectivity index (χ1v) is 5.27. The number of aromatic nitrogens is 1. The molecule has 0 unspecified atom stereocenters. The van der Waals surface area contributed by atoms with Gasteiger partial charge in [0.2, 0.25) is 0 Å². The van der Waals surface area contributed by atoms with Crippen molar-refractivity contribution in [2.45, 2.75) is 27.7 Å². The monoisotopic (exact) mass is 206 g/mol. The molecule has 0 amide bonds. The summed E-state index contributed by atoms with van der Waals surface area (Å²) in [5.74, 6) is 0.804. The van der Waals surface area contributed by atoms with Crippen molar-refractivity contribution in [1.29, 1.82) is 0 Å². The second kappa shape index (κ2) is 4.82. The minimum absolute atomic E-state index is 0.804. The van der Waals surface area contributed by atoms with E-state index in [1.807, 2.05) is 33.9 Å². The van der Waals surface area contributed by atoms with Gasteiger partial charge >= 0.3 is 0 Å². The molecule has 1 aromatic carbocycles. The smallest absolute Gasteiger partial charge is 0.177 e. The first-order chi connectivity index (χ1) is 7.24. The second-order valence-electron chi connectivity index (χ2n) is 3.17. The van der Waals surface area contributed by atoms with Crippen LogP contribution in [0.5, 0.6) is 0 Å². The number of hydrogen-bond donors (Lipinski definition) is 1. The predicted octanol–water partition coefficient (Wildman–Crippen LogP) is 3.51. The molecule has 0 aliphatic heterocycles. The van der Waals surface area contributed by atoms with Crippen LogP contribution in [-0.2, 0) is 0 Å². The minimum atomic E-state index is 0.804.